The van der Waals surface area contributed by atoms with Gasteiger partial charge in [-0.3, -0.25) is 4.90 Å². The number of hydrogen-bond acceptors (Lipinski definition) is 3. The Balaban J connectivity index is 0.00000231. The van der Waals surface area contributed by atoms with E-state index in [0.717, 1.165) is 30.6 Å². The highest BCUT2D eigenvalue weighted by molar-refractivity contribution is 7.99. The number of piperidine rings is 1. The van der Waals surface area contributed by atoms with Crippen molar-refractivity contribution in [2.24, 2.45) is 5.92 Å². The van der Waals surface area contributed by atoms with Crippen LogP contribution < -0.4 is 4.90 Å². The van der Waals surface area contributed by atoms with Crippen molar-refractivity contribution >= 4 is 41.5 Å². The second-order valence-electron chi connectivity index (χ2n) is 8.41. The second-order valence-corrected chi connectivity index (χ2v) is 9.93. The minimum Gasteiger partial charge on any atom is -0.366 e. The van der Waals surface area contributed by atoms with Crippen molar-refractivity contribution in [1.82, 2.24) is 4.90 Å². The molecule has 0 atom stereocenters. The first-order valence-electron chi connectivity index (χ1n) is 10.8. The molecule has 31 heavy (non-hydrogen) atoms. The first kappa shape index (κ1) is 22.5. The predicted molar refractivity (Wildman–Crippen MR) is 135 cm³/mol. The zero-order chi connectivity index (χ0) is 20.3. The van der Waals surface area contributed by atoms with Crippen molar-refractivity contribution in [2.75, 3.05) is 24.5 Å². The van der Waals surface area contributed by atoms with Crippen LogP contribution in [0.2, 0.25) is 5.02 Å². The lowest BCUT2D eigenvalue weighted by atomic mass is 9.95. The Morgan fingerprint density at radius 3 is 2.42 bits per heavy atom. The lowest BCUT2D eigenvalue weighted by molar-refractivity contribution is 0.179. The van der Waals surface area contributed by atoms with Crippen LogP contribution in [0.4, 0.5) is 5.69 Å². The Bertz CT molecular complexity index is 1000. The third kappa shape index (κ3) is 5.40. The number of halogens is 2. The highest BCUT2D eigenvalue weighted by atomic mass is 35.5. The van der Waals surface area contributed by atoms with Crippen molar-refractivity contribution in [3.05, 3.63) is 88.9 Å². The van der Waals surface area contributed by atoms with E-state index in [1.165, 1.54) is 52.5 Å². The number of rotatable bonds is 4. The van der Waals surface area contributed by atoms with E-state index in [2.05, 4.69) is 76.5 Å². The largest absolute Gasteiger partial charge is 0.366 e. The number of nitrogens with zero attached hydrogens (tertiary/aromatic N) is 2. The number of hydrogen-bond donors (Lipinski definition) is 0. The molecule has 0 N–H and O–H groups in total. The summed E-state index contributed by atoms with van der Waals surface area (Å²) in [6.07, 6.45) is 2.52. The molecule has 2 aliphatic rings. The fourth-order valence-corrected chi connectivity index (χ4v) is 5.85. The zero-order valence-corrected chi connectivity index (χ0v) is 19.9. The van der Waals surface area contributed by atoms with E-state index < -0.39 is 0 Å². The fraction of sp³-hybridized carbons (Fsp3) is 0.308. The smallest absolute Gasteiger partial charge is 0.0526 e. The molecule has 162 valence electrons. The Morgan fingerprint density at radius 1 is 0.871 bits per heavy atom. The molecule has 1 fully saturated rings. The van der Waals surface area contributed by atoms with Gasteiger partial charge in [-0.2, -0.15) is 0 Å². The van der Waals surface area contributed by atoms with E-state index in [1.54, 1.807) is 0 Å². The van der Waals surface area contributed by atoms with Crippen LogP contribution in [0.1, 0.15) is 24.0 Å². The molecule has 0 aromatic heterocycles. The van der Waals surface area contributed by atoms with Crippen LogP contribution in [0.3, 0.4) is 0 Å². The molecule has 0 bridgehead atoms. The Hall–Kier alpha value is -1.65. The van der Waals surface area contributed by atoms with Gasteiger partial charge in [0, 0.05) is 34.4 Å². The van der Waals surface area contributed by atoms with Gasteiger partial charge in [0.1, 0.15) is 0 Å². The molecule has 0 amide bonds. The molecule has 0 unspecified atom stereocenters. The molecule has 3 aromatic rings. The predicted octanol–water partition coefficient (Wildman–Crippen LogP) is 7.15. The summed E-state index contributed by atoms with van der Waals surface area (Å²) in [4.78, 5) is 7.84. The summed E-state index contributed by atoms with van der Waals surface area (Å²) in [7, 11) is 0. The van der Waals surface area contributed by atoms with Crippen LogP contribution in [0.15, 0.2) is 82.6 Å². The molecule has 0 aliphatic carbocycles. The summed E-state index contributed by atoms with van der Waals surface area (Å²) in [6.45, 7) is 5.49. The minimum absolute atomic E-state index is 0. The van der Waals surface area contributed by atoms with Crippen LogP contribution >= 0.6 is 35.8 Å². The van der Waals surface area contributed by atoms with Crippen LogP contribution in [0.5, 0.6) is 0 Å². The molecular weight excluding hydrogens is 443 g/mol. The minimum atomic E-state index is 0. The highest BCUT2D eigenvalue weighted by Crippen LogP contribution is 2.43. The molecule has 0 spiro atoms. The van der Waals surface area contributed by atoms with Crippen LogP contribution in [-0.2, 0) is 13.1 Å². The first-order chi connectivity index (χ1) is 14.7. The van der Waals surface area contributed by atoms with Gasteiger partial charge in [-0.05, 0) is 67.2 Å². The lowest BCUT2D eigenvalue weighted by Crippen LogP contribution is -2.38. The zero-order valence-electron chi connectivity index (χ0n) is 17.5. The molecule has 3 aromatic carbocycles. The van der Waals surface area contributed by atoms with Crippen LogP contribution in [0.25, 0.3) is 0 Å². The van der Waals surface area contributed by atoms with Gasteiger partial charge >= 0.3 is 0 Å². The number of likely N-dealkylation sites (tertiary alicyclic amines) is 1. The molecular formula is C26H28Cl2N2S. The highest BCUT2D eigenvalue weighted by Gasteiger charge is 2.25. The number of benzene rings is 3. The van der Waals surface area contributed by atoms with Crippen molar-refractivity contribution in [3.63, 3.8) is 0 Å². The van der Waals surface area contributed by atoms with E-state index in [9.17, 15) is 0 Å². The average Bonchev–Trinajstić information content (AvgIpc) is 2.92. The SMILES string of the molecule is Cl.Clc1ccc2c(c1)N(CC1CCN(Cc3ccccc3)CC1)Cc1ccccc1S2. The van der Waals surface area contributed by atoms with E-state index >= 15 is 0 Å². The molecule has 2 nitrogen and oxygen atoms in total. The van der Waals surface area contributed by atoms with E-state index in [-0.39, 0.29) is 12.4 Å². The van der Waals surface area contributed by atoms with Gasteiger partial charge < -0.3 is 4.90 Å². The second kappa shape index (κ2) is 10.3. The maximum atomic E-state index is 6.40. The summed E-state index contributed by atoms with van der Waals surface area (Å²) in [5.41, 5.74) is 4.12. The maximum absolute atomic E-state index is 6.40. The molecule has 5 rings (SSSR count). The molecule has 0 saturated carbocycles. The topological polar surface area (TPSA) is 6.48 Å². The first-order valence-corrected chi connectivity index (χ1v) is 12.0. The summed E-state index contributed by atoms with van der Waals surface area (Å²) in [5.74, 6) is 0.721. The standard InChI is InChI=1S/C26H27ClN2S.ClH/c27-23-10-11-26-24(16-23)29(19-22-8-4-5-9-25(22)30-26)18-21-12-14-28(15-13-21)17-20-6-2-1-3-7-20;/h1-11,16,21H,12-15,17-19H2;1H. The summed E-state index contributed by atoms with van der Waals surface area (Å²) in [6, 6.07) is 26.0. The van der Waals surface area contributed by atoms with Gasteiger partial charge in [-0.25, -0.2) is 0 Å². The van der Waals surface area contributed by atoms with Gasteiger partial charge in [0.05, 0.1) is 5.69 Å². The lowest BCUT2D eigenvalue weighted by Gasteiger charge is -2.36. The van der Waals surface area contributed by atoms with E-state index in [4.69, 9.17) is 11.6 Å². The molecule has 2 heterocycles. The van der Waals surface area contributed by atoms with Gasteiger partial charge in [-0.1, -0.05) is 71.9 Å². The van der Waals surface area contributed by atoms with Crippen LogP contribution in [-0.4, -0.2) is 24.5 Å². The number of fused-ring (bicyclic) bond motifs is 2. The monoisotopic (exact) mass is 470 g/mol. The van der Waals surface area contributed by atoms with Gasteiger partial charge in [-0.15, -0.1) is 12.4 Å². The fourth-order valence-electron chi connectivity index (χ4n) is 4.61. The maximum Gasteiger partial charge on any atom is 0.0526 e. The number of anilines is 1. The Morgan fingerprint density at radius 2 is 1.61 bits per heavy atom. The third-order valence-corrected chi connectivity index (χ3v) is 7.67. The summed E-state index contributed by atoms with van der Waals surface area (Å²) in [5, 5.41) is 0.822. The normalized spacial score (nSPS) is 16.7. The van der Waals surface area contributed by atoms with Crippen molar-refractivity contribution in [2.45, 2.75) is 35.7 Å². The quantitative estimate of drug-likeness (QED) is 0.399. The molecule has 5 heteroatoms. The van der Waals surface area contributed by atoms with Gasteiger partial charge in [0.15, 0.2) is 0 Å². The van der Waals surface area contributed by atoms with Crippen molar-refractivity contribution in [1.29, 1.82) is 0 Å². The van der Waals surface area contributed by atoms with E-state index in [1.807, 2.05) is 17.8 Å². The average molecular weight is 471 g/mol. The van der Waals surface area contributed by atoms with Gasteiger partial charge in [0.25, 0.3) is 0 Å². The van der Waals surface area contributed by atoms with Crippen LogP contribution in [0, 0.1) is 5.92 Å². The Kier molecular flexibility index (Phi) is 7.50. The Labute approximate surface area is 201 Å². The molecule has 0 radical (unpaired) electrons. The molecule has 2 aliphatic heterocycles. The van der Waals surface area contributed by atoms with Crippen molar-refractivity contribution < 1.29 is 0 Å². The summed E-state index contributed by atoms with van der Waals surface area (Å²) < 4.78 is 0. The van der Waals surface area contributed by atoms with Gasteiger partial charge in [0.2, 0.25) is 0 Å². The van der Waals surface area contributed by atoms with Crippen molar-refractivity contribution in [3.8, 4) is 0 Å². The molecule has 1 saturated heterocycles. The third-order valence-electron chi connectivity index (χ3n) is 6.25. The summed E-state index contributed by atoms with van der Waals surface area (Å²) >= 11 is 8.27. The van der Waals surface area contributed by atoms with E-state index in [0.29, 0.717) is 0 Å².